The van der Waals surface area contributed by atoms with E-state index < -0.39 is 5.41 Å². The lowest BCUT2D eigenvalue weighted by atomic mass is 9.77. The molecule has 0 spiro atoms. The molecule has 0 fully saturated rings. The quantitative estimate of drug-likeness (QED) is 0.733. The van der Waals surface area contributed by atoms with Crippen LogP contribution in [0.4, 0.5) is 0 Å². The Hall–Kier alpha value is -1.12. The van der Waals surface area contributed by atoms with Gasteiger partial charge in [-0.1, -0.05) is 24.3 Å². The molecule has 0 saturated carbocycles. The molecular weight excluding hydrogens is 300 g/mol. The summed E-state index contributed by atoms with van der Waals surface area (Å²) in [7, 11) is 0. The molecule has 0 N–H and O–H groups in total. The van der Waals surface area contributed by atoms with Crippen LogP contribution in [0.1, 0.15) is 41.3 Å². The van der Waals surface area contributed by atoms with E-state index in [0.29, 0.717) is 6.42 Å². The largest absolute Gasteiger partial charge is 0.280 e. The number of aryl methyl sites for hydroxylation is 2. The van der Waals surface area contributed by atoms with Crippen molar-refractivity contribution in [2.45, 2.75) is 44.4 Å². The minimum atomic E-state index is -0.640. The van der Waals surface area contributed by atoms with Gasteiger partial charge in [0.15, 0.2) is 0 Å². The van der Waals surface area contributed by atoms with Crippen LogP contribution in [-0.2, 0) is 29.5 Å². The average molecular weight is 319 g/mol. The molecule has 1 heterocycles. The summed E-state index contributed by atoms with van der Waals surface area (Å²) in [4.78, 5) is 13.3. The third-order valence-corrected chi connectivity index (χ3v) is 5.82. The van der Waals surface area contributed by atoms with E-state index in [1.165, 1.54) is 28.8 Å². The average Bonchev–Trinajstić information content (AvgIpc) is 2.99. The van der Waals surface area contributed by atoms with Crippen molar-refractivity contribution >= 4 is 28.2 Å². The maximum absolute atomic E-state index is 12.1. The lowest BCUT2D eigenvalue weighted by molar-refractivity contribution is -0.116. The Morgan fingerprint density at radius 3 is 2.67 bits per heavy atom. The predicted octanol–water partition coefficient (Wildman–Crippen LogP) is 4.89. The highest BCUT2D eigenvalue weighted by Gasteiger charge is 2.35. The Labute approximate surface area is 135 Å². The van der Waals surface area contributed by atoms with Gasteiger partial charge in [0, 0.05) is 4.88 Å². The molecular formula is C18H19ClOS. The second-order valence-corrected chi connectivity index (χ2v) is 7.43. The SMILES string of the molecule is CC(Cc1cccs1)(C(=O)Cl)c1ccc2c(c1)CCCC2. The van der Waals surface area contributed by atoms with Gasteiger partial charge in [-0.3, -0.25) is 4.79 Å². The third kappa shape index (κ3) is 2.93. The summed E-state index contributed by atoms with van der Waals surface area (Å²) in [5.74, 6) is 0. The molecule has 0 saturated heterocycles. The third-order valence-electron chi connectivity index (χ3n) is 4.53. The molecule has 0 amide bonds. The van der Waals surface area contributed by atoms with Crippen LogP contribution in [-0.4, -0.2) is 5.24 Å². The summed E-state index contributed by atoms with van der Waals surface area (Å²) in [5, 5.41) is 1.77. The molecule has 0 aliphatic heterocycles. The number of halogens is 1. The van der Waals surface area contributed by atoms with Crippen molar-refractivity contribution in [3.8, 4) is 0 Å². The van der Waals surface area contributed by atoms with Crippen LogP contribution in [0.2, 0.25) is 0 Å². The molecule has 0 bridgehead atoms. The molecule has 3 heteroatoms. The summed E-state index contributed by atoms with van der Waals surface area (Å²) in [6.45, 7) is 1.96. The highest BCUT2D eigenvalue weighted by Crippen LogP contribution is 2.34. The molecule has 2 aromatic rings. The minimum Gasteiger partial charge on any atom is -0.280 e. The molecule has 21 heavy (non-hydrogen) atoms. The summed E-state index contributed by atoms with van der Waals surface area (Å²) < 4.78 is 0. The van der Waals surface area contributed by atoms with Crippen molar-refractivity contribution in [3.63, 3.8) is 0 Å². The number of thiophene rings is 1. The first-order valence-electron chi connectivity index (χ1n) is 7.44. The smallest absolute Gasteiger partial charge is 0.232 e. The van der Waals surface area contributed by atoms with Gasteiger partial charge >= 0.3 is 0 Å². The summed E-state index contributed by atoms with van der Waals surface area (Å²) in [5.41, 5.74) is 3.25. The summed E-state index contributed by atoms with van der Waals surface area (Å²) in [6, 6.07) is 10.6. The second kappa shape index (κ2) is 5.94. The van der Waals surface area contributed by atoms with Crippen LogP contribution in [0, 0.1) is 0 Å². The standard InChI is InChI=1S/C18H19ClOS/c1-18(17(19)20,12-16-7-4-10-21-16)15-9-8-13-5-2-3-6-14(13)11-15/h4,7-11H,2-3,5-6,12H2,1H3. The van der Waals surface area contributed by atoms with Gasteiger partial charge in [-0.2, -0.15) is 0 Å². The minimum absolute atomic E-state index is 0.272. The zero-order chi connectivity index (χ0) is 14.9. The zero-order valence-electron chi connectivity index (χ0n) is 12.2. The first kappa shape index (κ1) is 14.8. The number of fused-ring (bicyclic) bond motifs is 1. The highest BCUT2D eigenvalue weighted by atomic mass is 35.5. The van der Waals surface area contributed by atoms with E-state index in [2.05, 4.69) is 24.3 Å². The van der Waals surface area contributed by atoms with E-state index in [9.17, 15) is 4.79 Å². The molecule has 1 aliphatic rings. The van der Waals surface area contributed by atoms with Crippen LogP contribution in [0.5, 0.6) is 0 Å². The second-order valence-electron chi connectivity index (χ2n) is 6.05. The van der Waals surface area contributed by atoms with Crippen molar-refractivity contribution < 1.29 is 4.79 Å². The van der Waals surface area contributed by atoms with E-state index >= 15 is 0 Å². The van der Waals surface area contributed by atoms with Crippen LogP contribution in [0.25, 0.3) is 0 Å². The lowest BCUT2D eigenvalue weighted by Gasteiger charge is -2.27. The fourth-order valence-electron chi connectivity index (χ4n) is 3.12. The predicted molar refractivity (Wildman–Crippen MR) is 89.3 cm³/mol. The van der Waals surface area contributed by atoms with Gasteiger partial charge in [0.05, 0.1) is 5.41 Å². The molecule has 1 nitrogen and oxygen atoms in total. The molecule has 1 atom stereocenters. The van der Waals surface area contributed by atoms with Gasteiger partial charge in [-0.15, -0.1) is 11.3 Å². The number of rotatable bonds is 4. The molecule has 110 valence electrons. The Kier molecular flexibility index (Phi) is 4.19. The van der Waals surface area contributed by atoms with Crippen molar-refractivity contribution in [2.24, 2.45) is 0 Å². The van der Waals surface area contributed by atoms with Gasteiger partial charge < -0.3 is 0 Å². The Morgan fingerprint density at radius 1 is 1.24 bits per heavy atom. The monoisotopic (exact) mass is 318 g/mol. The van der Waals surface area contributed by atoms with E-state index in [1.54, 1.807) is 11.3 Å². The zero-order valence-corrected chi connectivity index (χ0v) is 13.8. The number of carbonyl (C=O) groups excluding carboxylic acids is 1. The molecule has 1 aromatic heterocycles. The first-order valence-corrected chi connectivity index (χ1v) is 8.70. The number of hydrogen-bond acceptors (Lipinski definition) is 2. The normalized spacial score (nSPS) is 17.0. The molecule has 1 aliphatic carbocycles. The van der Waals surface area contributed by atoms with Gasteiger partial charge in [-0.05, 0) is 78.8 Å². The molecule has 3 rings (SSSR count). The fraction of sp³-hybridized carbons (Fsp3) is 0.389. The molecule has 1 aromatic carbocycles. The van der Waals surface area contributed by atoms with Crippen molar-refractivity contribution in [3.05, 3.63) is 57.3 Å². The van der Waals surface area contributed by atoms with Crippen LogP contribution < -0.4 is 0 Å². The van der Waals surface area contributed by atoms with Crippen molar-refractivity contribution in [1.82, 2.24) is 0 Å². The van der Waals surface area contributed by atoms with Crippen LogP contribution in [0.3, 0.4) is 0 Å². The Balaban J connectivity index is 1.98. The van der Waals surface area contributed by atoms with Gasteiger partial charge in [0.25, 0.3) is 0 Å². The van der Waals surface area contributed by atoms with Crippen LogP contribution in [0.15, 0.2) is 35.7 Å². The Bertz CT molecular complexity index is 647. The van der Waals surface area contributed by atoms with Crippen molar-refractivity contribution in [1.29, 1.82) is 0 Å². The fourth-order valence-corrected chi connectivity index (χ4v) is 4.16. The number of carbonyl (C=O) groups is 1. The van der Waals surface area contributed by atoms with Crippen molar-refractivity contribution in [2.75, 3.05) is 0 Å². The number of benzene rings is 1. The lowest BCUT2D eigenvalue weighted by Crippen LogP contribution is -2.32. The molecule has 0 radical (unpaired) electrons. The Morgan fingerprint density at radius 2 is 2.00 bits per heavy atom. The van der Waals surface area contributed by atoms with E-state index in [-0.39, 0.29) is 5.24 Å². The first-order chi connectivity index (χ1) is 10.1. The highest BCUT2D eigenvalue weighted by molar-refractivity contribution is 7.09. The summed E-state index contributed by atoms with van der Waals surface area (Å²) >= 11 is 7.67. The summed E-state index contributed by atoms with van der Waals surface area (Å²) in [6.07, 6.45) is 5.47. The van der Waals surface area contributed by atoms with Gasteiger partial charge in [-0.25, -0.2) is 0 Å². The topological polar surface area (TPSA) is 17.1 Å². The number of hydrogen-bond donors (Lipinski definition) is 0. The maximum Gasteiger partial charge on any atom is 0.232 e. The molecule has 1 unspecified atom stereocenters. The van der Waals surface area contributed by atoms with Crippen LogP contribution >= 0.6 is 22.9 Å². The van der Waals surface area contributed by atoms with Gasteiger partial charge in [0.1, 0.15) is 0 Å². The van der Waals surface area contributed by atoms with E-state index in [1.807, 2.05) is 18.4 Å². The van der Waals surface area contributed by atoms with E-state index in [4.69, 9.17) is 11.6 Å². The maximum atomic E-state index is 12.1. The van der Waals surface area contributed by atoms with E-state index in [0.717, 1.165) is 18.4 Å². The van der Waals surface area contributed by atoms with Gasteiger partial charge in [0.2, 0.25) is 5.24 Å².